The third-order valence-electron chi connectivity index (χ3n) is 2.10. The molecule has 0 heterocycles. The lowest BCUT2D eigenvalue weighted by Gasteiger charge is -2.10. The topological polar surface area (TPSA) is 49.3 Å². The van der Waals surface area contributed by atoms with Gasteiger partial charge < -0.3 is 10.4 Å². The van der Waals surface area contributed by atoms with Gasteiger partial charge in [-0.3, -0.25) is 4.79 Å². The fourth-order valence-corrected chi connectivity index (χ4v) is 1.26. The highest BCUT2D eigenvalue weighted by atomic mass is 35.5. The first-order chi connectivity index (χ1) is 7.54. The average Bonchev–Trinajstić information content (AvgIpc) is 2.25. The van der Waals surface area contributed by atoms with Crippen molar-refractivity contribution in [2.75, 3.05) is 13.2 Å². The predicted molar refractivity (Wildman–Crippen MR) is 60.0 cm³/mol. The Bertz CT molecular complexity index is 384. The summed E-state index contributed by atoms with van der Waals surface area (Å²) >= 11 is 5.57. The van der Waals surface area contributed by atoms with E-state index >= 15 is 0 Å². The van der Waals surface area contributed by atoms with Crippen LogP contribution in [0.25, 0.3) is 0 Å². The van der Waals surface area contributed by atoms with Crippen LogP contribution in [0, 0.1) is 11.7 Å². The van der Waals surface area contributed by atoms with Crippen molar-refractivity contribution in [3.05, 3.63) is 34.6 Å². The number of carbonyl (C=O) groups excluding carboxylic acids is 1. The molecule has 1 aromatic rings. The Morgan fingerprint density at radius 1 is 1.62 bits per heavy atom. The van der Waals surface area contributed by atoms with Gasteiger partial charge in [0.1, 0.15) is 5.82 Å². The normalized spacial score (nSPS) is 12.2. The van der Waals surface area contributed by atoms with Gasteiger partial charge >= 0.3 is 0 Å². The van der Waals surface area contributed by atoms with Gasteiger partial charge in [0, 0.05) is 18.2 Å². The number of hydrogen-bond acceptors (Lipinski definition) is 2. The molecule has 16 heavy (non-hydrogen) atoms. The molecule has 0 radical (unpaired) electrons. The van der Waals surface area contributed by atoms with Crippen LogP contribution in [-0.2, 0) is 0 Å². The molecule has 0 aromatic heterocycles. The van der Waals surface area contributed by atoms with E-state index in [2.05, 4.69) is 5.32 Å². The molecule has 0 aliphatic carbocycles. The maximum atomic E-state index is 13.3. The second-order valence-corrected chi connectivity index (χ2v) is 4.06. The Kier molecular flexibility index (Phi) is 4.71. The van der Waals surface area contributed by atoms with Gasteiger partial charge in [-0.2, -0.15) is 0 Å². The molecule has 1 atom stereocenters. The zero-order valence-corrected chi connectivity index (χ0v) is 9.59. The van der Waals surface area contributed by atoms with E-state index in [9.17, 15) is 9.18 Å². The van der Waals surface area contributed by atoms with E-state index in [0.717, 1.165) is 6.07 Å². The molecular weight excluding hydrogens is 233 g/mol. The number of amides is 1. The highest BCUT2D eigenvalue weighted by Gasteiger charge is 2.12. The van der Waals surface area contributed by atoms with Gasteiger partial charge in [0.15, 0.2) is 0 Å². The summed E-state index contributed by atoms with van der Waals surface area (Å²) in [5, 5.41) is 11.5. The standard InChI is InChI=1S/C11H13ClFNO2/c1-7(6-15)5-14-11(16)9-3-2-8(12)4-10(9)13/h2-4,7,15H,5-6H2,1H3,(H,14,16). The first kappa shape index (κ1) is 12.9. The molecule has 0 saturated heterocycles. The number of nitrogens with one attached hydrogen (secondary N) is 1. The molecule has 0 fully saturated rings. The Morgan fingerprint density at radius 3 is 2.88 bits per heavy atom. The molecule has 0 spiro atoms. The molecule has 0 aliphatic rings. The van der Waals surface area contributed by atoms with Gasteiger partial charge in [0.2, 0.25) is 0 Å². The van der Waals surface area contributed by atoms with Crippen LogP contribution in [0.1, 0.15) is 17.3 Å². The van der Waals surface area contributed by atoms with E-state index in [1.54, 1.807) is 6.92 Å². The number of rotatable bonds is 4. The number of carbonyl (C=O) groups is 1. The van der Waals surface area contributed by atoms with Crippen molar-refractivity contribution < 1.29 is 14.3 Å². The van der Waals surface area contributed by atoms with Crippen LogP contribution in [0.5, 0.6) is 0 Å². The number of aliphatic hydroxyl groups excluding tert-OH is 1. The van der Waals surface area contributed by atoms with E-state index in [1.807, 2.05) is 0 Å². The van der Waals surface area contributed by atoms with Crippen molar-refractivity contribution in [2.24, 2.45) is 5.92 Å². The van der Waals surface area contributed by atoms with Crippen molar-refractivity contribution in [1.82, 2.24) is 5.32 Å². The second kappa shape index (κ2) is 5.82. The van der Waals surface area contributed by atoms with E-state index in [4.69, 9.17) is 16.7 Å². The van der Waals surface area contributed by atoms with E-state index in [1.165, 1.54) is 12.1 Å². The molecule has 0 saturated carbocycles. The van der Waals surface area contributed by atoms with Crippen LogP contribution in [0.4, 0.5) is 4.39 Å². The minimum atomic E-state index is -0.651. The zero-order valence-electron chi connectivity index (χ0n) is 8.84. The summed E-state index contributed by atoms with van der Waals surface area (Å²) in [5.41, 5.74) is -0.0467. The van der Waals surface area contributed by atoms with Crippen molar-refractivity contribution >= 4 is 17.5 Å². The summed E-state index contributed by atoms with van der Waals surface area (Å²) in [4.78, 5) is 11.5. The third kappa shape index (κ3) is 3.47. The first-order valence-corrected chi connectivity index (χ1v) is 5.26. The van der Waals surface area contributed by atoms with E-state index in [-0.39, 0.29) is 23.1 Å². The fourth-order valence-electron chi connectivity index (χ4n) is 1.10. The monoisotopic (exact) mass is 245 g/mol. The summed E-state index contributed by atoms with van der Waals surface area (Å²) in [6, 6.07) is 3.87. The molecule has 0 aliphatic heterocycles. The van der Waals surface area contributed by atoms with Gasteiger partial charge in [0.25, 0.3) is 5.91 Å². The first-order valence-electron chi connectivity index (χ1n) is 4.88. The Morgan fingerprint density at radius 2 is 2.31 bits per heavy atom. The molecule has 5 heteroatoms. The highest BCUT2D eigenvalue weighted by molar-refractivity contribution is 6.30. The van der Waals surface area contributed by atoms with Gasteiger partial charge in [-0.15, -0.1) is 0 Å². The molecule has 0 bridgehead atoms. The van der Waals surface area contributed by atoms with Crippen molar-refractivity contribution in [1.29, 1.82) is 0 Å². The predicted octanol–water partition coefficient (Wildman–Crippen LogP) is 1.84. The lowest BCUT2D eigenvalue weighted by atomic mass is 10.1. The largest absolute Gasteiger partial charge is 0.396 e. The van der Waals surface area contributed by atoms with Gasteiger partial charge in [0.05, 0.1) is 5.56 Å². The van der Waals surface area contributed by atoms with E-state index < -0.39 is 11.7 Å². The second-order valence-electron chi connectivity index (χ2n) is 3.62. The van der Waals surface area contributed by atoms with Gasteiger partial charge in [-0.25, -0.2) is 4.39 Å². The number of benzene rings is 1. The lowest BCUT2D eigenvalue weighted by molar-refractivity contribution is 0.0938. The summed E-state index contributed by atoms with van der Waals surface area (Å²) < 4.78 is 13.3. The van der Waals surface area contributed by atoms with Crippen LogP contribution in [0.15, 0.2) is 18.2 Å². The molecule has 88 valence electrons. The number of halogens is 2. The quantitative estimate of drug-likeness (QED) is 0.850. The maximum absolute atomic E-state index is 13.3. The Hall–Kier alpha value is -1.13. The molecule has 1 unspecified atom stereocenters. The molecule has 2 N–H and O–H groups in total. The Balaban J connectivity index is 2.66. The van der Waals surface area contributed by atoms with Crippen molar-refractivity contribution in [2.45, 2.75) is 6.92 Å². The molecular formula is C11H13ClFNO2. The van der Waals surface area contributed by atoms with Crippen LogP contribution < -0.4 is 5.32 Å². The third-order valence-corrected chi connectivity index (χ3v) is 2.33. The van der Waals surface area contributed by atoms with Crippen molar-refractivity contribution in [3.63, 3.8) is 0 Å². The maximum Gasteiger partial charge on any atom is 0.254 e. The Labute approximate surface area is 98.2 Å². The SMILES string of the molecule is CC(CO)CNC(=O)c1ccc(Cl)cc1F. The highest BCUT2D eigenvalue weighted by Crippen LogP contribution is 2.14. The van der Waals surface area contributed by atoms with Gasteiger partial charge in [-0.1, -0.05) is 18.5 Å². The van der Waals surface area contributed by atoms with Crippen LogP contribution in [-0.4, -0.2) is 24.2 Å². The van der Waals surface area contributed by atoms with Crippen LogP contribution in [0.2, 0.25) is 5.02 Å². The zero-order chi connectivity index (χ0) is 12.1. The smallest absolute Gasteiger partial charge is 0.254 e. The number of aliphatic hydroxyl groups is 1. The van der Waals surface area contributed by atoms with Crippen molar-refractivity contribution in [3.8, 4) is 0 Å². The molecule has 1 aromatic carbocycles. The van der Waals surface area contributed by atoms with Crippen LogP contribution in [0.3, 0.4) is 0 Å². The fraction of sp³-hybridized carbons (Fsp3) is 0.364. The van der Waals surface area contributed by atoms with Gasteiger partial charge in [-0.05, 0) is 24.1 Å². The molecule has 1 rings (SSSR count). The summed E-state index contributed by atoms with van der Waals surface area (Å²) in [7, 11) is 0. The molecule has 1 amide bonds. The molecule has 3 nitrogen and oxygen atoms in total. The summed E-state index contributed by atoms with van der Waals surface area (Å²) in [6.07, 6.45) is 0. The summed E-state index contributed by atoms with van der Waals surface area (Å²) in [5.74, 6) is -1.21. The summed E-state index contributed by atoms with van der Waals surface area (Å²) in [6.45, 7) is 2.05. The minimum absolute atomic E-state index is 0.0244. The van der Waals surface area contributed by atoms with Crippen LogP contribution >= 0.6 is 11.6 Å². The number of hydrogen-bond donors (Lipinski definition) is 2. The minimum Gasteiger partial charge on any atom is -0.396 e. The lowest BCUT2D eigenvalue weighted by Crippen LogP contribution is -2.30. The van der Waals surface area contributed by atoms with E-state index in [0.29, 0.717) is 6.54 Å². The average molecular weight is 246 g/mol.